The van der Waals surface area contributed by atoms with Crippen LogP contribution < -0.4 is 0 Å². The van der Waals surface area contributed by atoms with Crippen molar-refractivity contribution in [2.75, 3.05) is 0 Å². The van der Waals surface area contributed by atoms with Crippen LogP contribution >= 0.6 is 22.9 Å². The minimum atomic E-state index is 0.636. The van der Waals surface area contributed by atoms with E-state index < -0.39 is 0 Å². The Morgan fingerprint density at radius 1 is 1.20 bits per heavy atom. The molecule has 15 heavy (non-hydrogen) atoms. The molecule has 0 saturated carbocycles. The molecule has 0 radical (unpaired) electrons. The van der Waals surface area contributed by atoms with Crippen LogP contribution in [0.4, 0.5) is 0 Å². The molecule has 3 heteroatoms. The maximum absolute atomic E-state index is 6.01. The summed E-state index contributed by atoms with van der Waals surface area (Å²) in [4.78, 5) is 5.51. The predicted octanol–water partition coefficient (Wildman–Crippen LogP) is 4.02. The van der Waals surface area contributed by atoms with Gasteiger partial charge in [0.25, 0.3) is 0 Å². The van der Waals surface area contributed by atoms with E-state index in [9.17, 15) is 0 Å². The molecule has 2 rings (SSSR count). The first-order valence-corrected chi connectivity index (χ1v) is 5.89. The van der Waals surface area contributed by atoms with Gasteiger partial charge < -0.3 is 0 Å². The summed E-state index contributed by atoms with van der Waals surface area (Å²) in [5.74, 6) is 0. The molecule has 2 aromatic rings. The average Bonchev–Trinajstić information content (AvgIpc) is 2.74. The van der Waals surface area contributed by atoms with Crippen molar-refractivity contribution in [1.82, 2.24) is 0 Å². The van der Waals surface area contributed by atoms with Crippen LogP contribution in [0.15, 0.2) is 46.8 Å². The molecule has 0 unspecified atom stereocenters. The van der Waals surface area contributed by atoms with Crippen LogP contribution in [-0.2, 0) is 6.54 Å². The Kier molecular flexibility index (Phi) is 3.54. The fourth-order valence-electron chi connectivity index (χ4n) is 1.23. The van der Waals surface area contributed by atoms with Gasteiger partial charge in [-0.3, -0.25) is 4.99 Å². The van der Waals surface area contributed by atoms with Gasteiger partial charge in [-0.15, -0.1) is 11.3 Å². The van der Waals surface area contributed by atoms with E-state index in [1.807, 2.05) is 48.0 Å². The maximum atomic E-state index is 6.01. The first-order valence-electron chi connectivity index (χ1n) is 4.63. The van der Waals surface area contributed by atoms with E-state index in [0.717, 1.165) is 10.6 Å². The smallest absolute Gasteiger partial charge is 0.0654 e. The molecular weight excluding hydrogens is 226 g/mol. The molecule has 0 amide bonds. The van der Waals surface area contributed by atoms with Crippen molar-refractivity contribution in [2.45, 2.75) is 6.54 Å². The lowest BCUT2D eigenvalue weighted by Crippen LogP contribution is -1.83. The van der Waals surface area contributed by atoms with Gasteiger partial charge in [0.05, 0.1) is 6.54 Å². The van der Waals surface area contributed by atoms with E-state index >= 15 is 0 Å². The normalized spacial score (nSPS) is 11.0. The van der Waals surface area contributed by atoms with E-state index in [0.29, 0.717) is 6.54 Å². The number of halogens is 1. The molecule has 0 atom stereocenters. The van der Waals surface area contributed by atoms with Gasteiger partial charge in [0, 0.05) is 16.1 Å². The largest absolute Gasteiger partial charge is 0.287 e. The molecule has 1 heterocycles. The Morgan fingerprint density at radius 3 is 2.80 bits per heavy atom. The molecule has 0 fully saturated rings. The summed E-state index contributed by atoms with van der Waals surface area (Å²) < 4.78 is 0. The van der Waals surface area contributed by atoms with Crippen LogP contribution in [-0.4, -0.2) is 6.21 Å². The number of nitrogens with zero attached hydrogens (tertiary/aromatic N) is 1. The number of thiophene rings is 1. The van der Waals surface area contributed by atoms with Crippen molar-refractivity contribution < 1.29 is 0 Å². The van der Waals surface area contributed by atoms with Crippen molar-refractivity contribution in [1.29, 1.82) is 0 Å². The Balaban J connectivity index is 2.02. The minimum Gasteiger partial charge on any atom is -0.287 e. The number of rotatable bonds is 3. The second-order valence-electron chi connectivity index (χ2n) is 3.08. The number of aliphatic imine (C=N–C) groups is 1. The Labute approximate surface area is 98.1 Å². The van der Waals surface area contributed by atoms with E-state index in [1.165, 1.54) is 4.88 Å². The summed E-state index contributed by atoms with van der Waals surface area (Å²) in [7, 11) is 0. The first-order chi connectivity index (χ1) is 7.36. The standard InChI is InChI=1S/C12H10ClNS/c13-12-6-2-1-4-10(12)8-14-9-11-5-3-7-15-11/h1-7,9H,8H2. The van der Waals surface area contributed by atoms with Crippen LogP contribution in [0.2, 0.25) is 5.02 Å². The third-order valence-corrected chi connectivity index (χ3v) is 3.16. The highest BCUT2D eigenvalue weighted by molar-refractivity contribution is 7.11. The molecule has 0 saturated heterocycles. The van der Waals surface area contributed by atoms with Crippen molar-refractivity contribution in [3.8, 4) is 0 Å². The molecule has 0 aliphatic carbocycles. The third kappa shape index (κ3) is 2.91. The van der Waals surface area contributed by atoms with E-state index in [4.69, 9.17) is 11.6 Å². The highest BCUT2D eigenvalue weighted by Gasteiger charge is 1.95. The third-order valence-electron chi connectivity index (χ3n) is 1.98. The highest BCUT2D eigenvalue weighted by Crippen LogP contribution is 2.15. The predicted molar refractivity (Wildman–Crippen MR) is 67.1 cm³/mol. The van der Waals surface area contributed by atoms with Crippen molar-refractivity contribution in [3.63, 3.8) is 0 Å². The van der Waals surface area contributed by atoms with Crippen LogP contribution in [0, 0.1) is 0 Å². The average molecular weight is 236 g/mol. The van der Waals surface area contributed by atoms with Crippen molar-refractivity contribution in [2.24, 2.45) is 4.99 Å². The van der Waals surface area contributed by atoms with Gasteiger partial charge >= 0.3 is 0 Å². The molecular formula is C12H10ClNS. The molecule has 1 aromatic carbocycles. The minimum absolute atomic E-state index is 0.636. The fourth-order valence-corrected chi connectivity index (χ4v) is 2.03. The molecule has 0 N–H and O–H groups in total. The highest BCUT2D eigenvalue weighted by atomic mass is 35.5. The van der Waals surface area contributed by atoms with Crippen LogP contribution in [0.25, 0.3) is 0 Å². The zero-order valence-electron chi connectivity index (χ0n) is 8.06. The summed E-state index contributed by atoms with van der Waals surface area (Å²) in [6.45, 7) is 0.636. The maximum Gasteiger partial charge on any atom is 0.0654 e. The van der Waals surface area contributed by atoms with Gasteiger partial charge in [0.15, 0.2) is 0 Å². The van der Waals surface area contributed by atoms with Gasteiger partial charge in [0.2, 0.25) is 0 Å². The van der Waals surface area contributed by atoms with Crippen LogP contribution in [0.5, 0.6) is 0 Å². The molecule has 0 aliphatic rings. The second kappa shape index (κ2) is 5.10. The summed E-state index contributed by atoms with van der Waals surface area (Å²) in [6.07, 6.45) is 1.88. The SMILES string of the molecule is Clc1ccccc1CN=Cc1cccs1. The summed E-state index contributed by atoms with van der Waals surface area (Å²) in [5, 5.41) is 2.82. The van der Waals surface area contributed by atoms with Gasteiger partial charge in [-0.25, -0.2) is 0 Å². The van der Waals surface area contributed by atoms with Crippen molar-refractivity contribution >= 4 is 29.2 Å². The molecule has 0 spiro atoms. The molecule has 76 valence electrons. The fraction of sp³-hybridized carbons (Fsp3) is 0.0833. The number of hydrogen-bond donors (Lipinski definition) is 0. The number of benzene rings is 1. The lowest BCUT2D eigenvalue weighted by molar-refractivity contribution is 1.08. The van der Waals surface area contributed by atoms with Crippen molar-refractivity contribution in [3.05, 3.63) is 57.2 Å². The van der Waals surface area contributed by atoms with Gasteiger partial charge in [-0.1, -0.05) is 35.9 Å². The molecule has 0 aliphatic heterocycles. The first kappa shape index (κ1) is 10.4. The van der Waals surface area contributed by atoms with E-state index in [-0.39, 0.29) is 0 Å². The Bertz CT molecular complexity index is 448. The van der Waals surface area contributed by atoms with Crippen LogP contribution in [0.3, 0.4) is 0 Å². The molecule has 1 aromatic heterocycles. The van der Waals surface area contributed by atoms with E-state index in [1.54, 1.807) is 11.3 Å². The van der Waals surface area contributed by atoms with Gasteiger partial charge in [0.1, 0.15) is 0 Å². The van der Waals surface area contributed by atoms with Crippen LogP contribution in [0.1, 0.15) is 10.4 Å². The lowest BCUT2D eigenvalue weighted by atomic mass is 10.2. The van der Waals surface area contributed by atoms with Gasteiger partial charge in [-0.05, 0) is 23.1 Å². The summed E-state index contributed by atoms with van der Waals surface area (Å²) in [5.41, 5.74) is 1.06. The van der Waals surface area contributed by atoms with E-state index in [2.05, 4.69) is 4.99 Å². The van der Waals surface area contributed by atoms with Gasteiger partial charge in [-0.2, -0.15) is 0 Å². The monoisotopic (exact) mass is 235 g/mol. The zero-order chi connectivity index (χ0) is 10.5. The lowest BCUT2D eigenvalue weighted by Gasteiger charge is -1.98. The second-order valence-corrected chi connectivity index (χ2v) is 4.46. The Hall–Kier alpha value is -1.12. The topological polar surface area (TPSA) is 12.4 Å². The number of hydrogen-bond acceptors (Lipinski definition) is 2. The zero-order valence-corrected chi connectivity index (χ0v) is 9.63. The summed E-state index contributed by atoms with van der Waals surface area (Å²) in [6, 6.07) is 11.8. The molecule has 0 bridgehead atoms. The quantitative estimate of drug-likeness (QED) is 0.713. The summed E-state index contributed by atoms with van der Waals surface area (Å²) >= 11 is 7.69. The Morgan fingerprint density at radius 2 is 2.07 bits per heavy atom. The molecule has 1 nitrogen and oxygen atoms in total.